The summed E-state index contributed by atoms with van der Waals surface area (Å²) in [6.45, 7) is 6.21. The summed E-state index contributed by atoms with van der Waals surface area (Å²) in [5.74, 6) is 0.669. The van der Waals surface area contributed by atoms with E-state index in [-0.39, 0.29) is 11.9 Å². The number of rotatable bonds is 6. The van der Waals surface area contributed by atoms with Gasteiger partial charge in [-0.1, -0.05) is 32.9 Å². The minimum Gasteiger partial charge on any atom is -0.327 e. The summed E-state index contributed by atoms with van der Waals surface area (Å²) in [6, 6.07) is 8.15. The van der Waals surface area contributed by atoms with Crippen LogP contribution in [0.15, 0.2) is 24.3 Å². The van der Waals surface area contributed by atoms with Gasteiger partial charge < -0.3 is 11.1 Å². The molecule has 3 heteroatoms. The number of nitrogens with two attached hydrogens (primary N) is 1. The first kappa shape index (κ1) is 14.7. The Balaban J connectivity index is 2.52. The summed E-state index contributed by atoms with van der Waals surface area (Å²) < 4.78 is 0. The van der Waals surface area contributed by atoms with Crippen molar-refractivity contribution < 1.29 is 4.79 Å². The lowest BCUT2D eigenvalue weighted by Gasteiger charge is -2.14. The third-order valence-corrected chi connectivity index (χ3v) is 2.83. The number of carbonyl (C=O) groups excluding carboxylic acids is 1. The summed E-state index contributed by atoms with van der Waals surface area (Å²) in [5, 5.41) is 2.83. The lowest BCUT2D eigenvalue weighted by Crippen LogP contribution is -2.24. The smallest absolute Gasteiger partial charge is 0.224 e. The van der Waals surface area contributed by atoms with Crippen molar-refractivity contribution in [3.8, 4) is 0 Å². The molecule has 100 valence electrons. The number of nitrogens with one attached hydrogen (secondary N) is 1. The van der Waals surface area contributed by atoms with Crippen LogP contribution in [0.4, 0.5) is 5.69 Å². The van der Waals surface area contributed by atoms with E-state index in [1.807, 2.05) is 31.2 Å². The number of benzene rings is 1. The van der Waals surface area contributed by atoms with Gasteiger partial charge in [-0.3, -0.25) is 4.79 Å². The standard InChI is InChI=1S/C15H24N2O/c1-4-15(18)17-14-7-5-12(6-8-14)10-13(16)9-11(2)3/h5-8,11,13H,4,9-10,16H2,1-3H3,(H,17,18). The van der Waals surface area contributed by atoms with Gasteiger partial charge in [-0.2, -0.15) is 0 Å². The molecule has 3 N–H and O–H groups in total. The SMILES string of the molecule is CCC(=O)Nc1ccc(CC(N)CC(C)C)cc1. The van der Waals surface area contributed by atoms with Crippen molar-refractivity contribution in [2.24, 2.45) is 11.7 Å². The Hall–Kier alpha value is -1.35. The monoisotopic (exact) mass is 248 g/mol. The third-order valence-electron chi connectivity index (χ3n) is 2.83. The van der Waals surface area contributed by atoms with Gasteiger partial charge in [0.1, 0.15) is 0 Å². The summed E-state index contributed by atoms with van der Waals surface area (Å²) in [6.07, 6.45) is 2.43. The highest BCUT2D eigenvalue weighted by molar-refractivity contribution is 5.90. The van der Waals surface area contributed by atoms with Crippen LogP contribution >= 0.6 is 0 Å². The normalized spacial score (nSPS) is 12.5. The topological polar surface area (TPSA) is 55.1 Å². The second-order valence-electron chi connectivity index (χ2n) is 5.19. The van der Waals surface area contributed by atoms with Gasteiger partial charge in [0, 0.05) is 18.2 Å². The molecule has 3 nitrogen and oxygen atoms in total. The fourth-order valence-corrected chi connectivity index (χ4v) is 1.97. The van der Waals surface area contributed by atoms with E-state index in [1.165, 1.54) is 5.56 Å². The van der Waals surface area contributed by atoms with Crippen LogP contribution in [-0.4, -0.2) is 11.9 Å². The summed E-state index contributed by atoms with van der Waals surface area (Å²) in [7, 11) is 0. The van der Waals surface area contributed by atoms with Crippen molar-refractivity contribution in [2.75, 3.05) is 5.32 Å². The van der Waals surface area contributed by atoms with E-state index in [4.69, 9.17) is 5.73 Å². The van der Waals surface area contributed by atoms with Crippen molar-refractivity contribution in [1.82, 2.24) is 0 Å². The first-order chi connectivity index (χ1) is 8.51. The van der Waals surface area contributed by atoms with E-state index in [0.29, 0.717) is 12.3 Å². The van der Waals surface area contributed by atoms with E-state index in [2.05, 4.69) is 19.2 Å². The van der Waals surface area contributed by atoms with Crippen LogP contribution in [0.5, 0.6) is 0 Å². The maximum Gasteiger partial charge on any atom is 0.224 e. The molecule has 1 rings (SSSR count). The van der Waals surface area contributed by atoms with Crippen LogP contribution in [0.25, 0.3) is 0 Å². The minimum absolute atomic E-state index is 0.0410. The van der Waals surface area contributed by atoms with Gasteiger partial charge in [-0.25, -0.2) is 0 Å². The van der Waals surface area contributed by atoms with Gasteiger partial charge in [-0.15, -0.1) is 0 Å². The molecule has 0 spiro atoms. The Kier molecular flexibility index (Phi) is 5.86. The molecule has 0 aliphatic heterocycles. The molecule has 18 heavy (non-hydrogen) atoms. The zero-order valence-electron chi connectivity index (χ0n) is 11.6. The number of amides is 1. The molecular formula is C15H24N2O. The van der Waals surface area contributed by atoms with Gasteiger partial charge in [0.2, 0.25) is 5.91 Å². The number of carbonyl (C=O) groups is 1. The second kappa shape index (κ2) is 7.17. The molecule has 0 radical (unpaired) electrons. The van der Waals surface area contributed by atoms with E-state index in [0.717, 1.165) is 18.5 Å². The predicted molar refractivity (Wildman–Crippen MR) is 76.5 cm³/mol. The second-order valence-corrected chi connectivity index (χ2v) is 5.19. The fourth-order valence-electron chi connectivity index (χ4n) is 1.97. The predicted octanol–water partition coefficient (Wildman–Crippen LogP) is 2.95. The number of hydrogen-bond donors (Lipinski definition) is 2. The Bertz CT molecular complexity index is 371. The van der Waals surface area contributed by atoms with E-state index >= 15 is 0 Å². The largest absolute Gasteiger partial charge is 0.327 e. The first-order valence-corrected chi connectivity index (χ1v) is 6.65. The van der Waals surface area contributed by atoms with Crippen LogP contribution in [0.3, 0.4) is 0 Å². The van der Waals surface area contributed by atoms with Crippen molar-refractivity contribution in [1.29, 1.82) is 0 Å². The Labute approximate surface area is 110 Å². The summed E-state index contributed by atoms with van der Waals surface area (Å²) in [4.78, 5) is 11.2. The Morgan fingerprint density at radius 1 is 1.28 bits per heavy atom. The van der Waals surface area contributed by atoms with Gasteiger partial charge in [0.15, 0.2) is 0 Å². The van der Waals surface area contributed by atoms with E-state index < -0.39 is 0 Å². The highest BCUT2D eigenvalue weighted by Crippen LogP contribution is 2.13. The highest BCUT2D eigenvalue weighted by Gasteiger charge is 2.07. The molecule has 0 bridgehead atoms. The van der Waals surface area contributed by atoms with E-state index in [9.17, 15) is 4.79 Å². The maximum atomic E-state index is 11.2. The molecule has 1 aromatic rings. The number of anilines is 1. The van der Waals surface area contributed by atoms with Crippen LogP contribution < -0.4 is 11.1 Å². The van der Waals surface area contributed by atoms with Crippen LogP contribution in [0.2, 0.25) is 0 Å². The van der Waals surface area contributed by atoms with Crippen molar-refractivity contribution in [3.63, 3.8) is 0 Å². The average molecular weight is 248 g/mol. The highest BCUT2D eigenvalue weighted by atomic mass is 16.1. The zero-order chi connectivity index (χ0) is 13.5. The van der Waals surface area contributed by atoms with E-state index in [1.54, 1.807) is 0 Å². The molecule has 1 aromatic carbocycles. The quantitative estimate of drug-likeness (QED) is 0.813. The van der Waals surface area contributed by atoms with Crippen molar-refractivity contribution in [2.45, 2.75) is 46.1 Å². The molecule has 0 heterocycles. The molecule has 1 amide bonds. The molecule has 0 aliphatic rings. The summed E-state index contributed by atoms with van der Waals surface area (Å²) >= 11 is 0. The first-order valence-electron chi connectivity index (χ1n) is 6.65. The van der Waals surface area contributed by atoms with Crippen molar-refractivity contribution in [3.05, 3.63) is 29.8 Å². The fraction of sp³-hybridized carbons (Fsp3) is 0.533. The van der Waals surface area contributed by atoms with Gasteiger partial charge in [0.25, 0.3) is 0 Å². The van der Waals surface area contributed by atoms with Crippen molar-refractivity contribution >= 4 is 11.6 Å². The molecule has 0 aliphatic carbocycles. The lowest BCUT2D eigenvalue weighted by molar-refractivity contribution is -0.115. The van der Waals surface area contributed by atoms with Gasteiger partial charge in [-0.05, 0) is 36.5 Å². The molecule has 0 aromatic heterocycles. The molecule has 0 fully saturated rings. The average Bonchev–Trinajstić information content (AvgIpc) is 2.30. The molecule has 1 unspecified atom stereocenters. The lowest BCUT2D eigenvalue weighted by atomic mass is 9.98. The summed E-state index contributed by atoms with van der Waals surface area (Å²) in [5.41, 5.74) is 8.15. The molecule has 0 saturated heterocycles. The van der Waals surface area contributed by atoms with Gasteiger partial charge in [0.05, 0.1) is 0 Å². The molecular weight excluding hydrogens is 224 g/mol. The van der Waals surface area contributed by atoms with Crippen LogP contribution in [0.1, 0.15) is 39.2 Å². The zero-order valence-corrected chi connectivity index (χ0v) is 11.6. The maximum absolute atomic E-state index is 11.2. The Morgan fingerprint density at radius 3 is 2.39 bits per heavy atom. The van der Waals surface area contributed by atoms with Crippen LogP contribution in [0, 0.1) is 5.92 Å². The van der Waals surface area contributed by atoms with Crippen LogP contribution in [-0.2, 0) is 11.2 Å². The molecule has 0 saturated carbocycles. The number of hydrogen-bond acceptors (Lipinski definition) is 2. The molecule has 1 atom stereocenters. The third kappa shape index (κ3) is 5.32. The minimum atomic E-state index is 0.0410. The van der Waals surface area contributed by atoms with Gasteiger partial charge >= 0.3 is 0 Å². The Morgan fingerprint density at radius 2 is 1.89 bits per heavy atom.